The molecule has 0 saturated carbocycles. The molecule has 1 aliphatic rings. The second kappa shape index (κ2) is 7.77. The number of carbonyl (C=O) groups excluding carboxylic acids is 1. The largest absolute Gasteiger partial charge is 0.381 e. The highest BCUT2D eigenvalue weighted by molar-refractivity contribution is 5.78. The van der Waals surface area contributed by atoms with E-state index in [2.05, 4.69) is 17.2 Å². The third kappa shape index (κ3) is 4.55. The normalized spacial score (nSPS) is 15.1. The van der Waals surface area contributed by atoms with E-state index >= 15 is 0 Å². The number of carbonyl (C=O) groups is 1. The minimum Gasteiger partial charge on any atom is -0.381 e. The van der Waals surface area contributed by atoms with Crippen LogP contribution in [0.15, 0.2) is 18.2 Å². The molecule has 1 fully saturated rings. The second-order valence-corrected chi connectivity index (χ2v) is 4.92. The van der Waals surface area contributed by atoms with Gasteiger partial charge in [-0.1, -0.05) is 11.8 Å². The average Bonchev–Trinajstić information content (AvgIpc) is 2.53. The molecule has 1 aromatic rings. The fourth-order valence-electron chi connectivity index (χ4n) is 2.23. The molecule has 5 heteroatoms. The van der Waals surface area contributed by atoms with E-state index < -0.39 is 0 Å². The summed E-state index contributed by atoms with van der Waals surface area (Å²) in [5, 5.41) is 2.79. The Labute approximate surface area is 123 Å². The van der Waals surface area contributed by atoms with Crippen LogP contribution in [-0.4, -0.2) is 25.7 Å². The van der Waals surface area contributed by atoms with Crippen LogP contribution in [0, 0.1) is 23.6 Å². The second-order valence-electron chi connectivity index (χ2n) is 4.92. The van der Waals surface area contributed by atoms with Crippen molar-refractivity contribution in [1.29, 1.82) is 0 Å². The molecule has 0 bridgehead atoms. The van der Waals surface area contributed by atoms with Crippen LogP contribution in [-0.2, 0) is 16.1 Å². The summed E-state index contributed by atoms with van der Waals surface area (Å²) in [4.78, 5) is 12.0. The average molecular weight is 290 g/mol. The summed E-state index contributed by atoms with van der Waals surface area (Å²) < 4.78 is 19.0. The van der Waals surface area contributed by atoms with Crippen LogP contribution in [0.25, 0.3) is 0 Å². The standard InChI is InChI=1S/C16H19FN2O2/c17-15-4-3-12(2-1-7-18)10-14(15)11-19-16(20)13-5-8-21-9-6-13/h3-4,10,13H,5-9,11,18H2,(H,19,20). The van der Waals surface area contributed by atoms with Gasteiger partial charge in [0.15, 0.2) is 0 Å². The first-order valence-corrected chi connectivity index (χ1v) is 7.03. The number of amides is 1. The van der Waals surface area contributed by atoms with Crippen molar-refractivity contribution in [3.63, 3.8) is 0 Å². The van der Waals surface area contributed by atoms with Crippen LogP contribution in [0.4, 0.5) is 4.39 Å². The molecule has 0 radical (unpaired) electrons. The quantitative estimate of drug-likeness (QED) is 0.822. The Morgan fingerprint density at radius 3 is 2.90 bits per heavy atom. The lowest BCUT2D eigenvalue weighted by Gasteiger charge is -2.21. The number of halogens is 1. The monoisotopic (exact) mass is 290 g/mol. The highest BCUT2D eigenvalue weighted by atomic mass is 19.1. The Kier molecular flexibility index (Phi) is 5.73. The summed E-state index contributed by atoms with van der Waals surface area (Å²) in [5.74, 6) is 5.14. The van der Waals surface area contributed by atoms with Crippen LogP contribution in [0.3, 0.4) is 0 Å². The number of ether oxygens (including phenoxy) is 1. The van der Waals surface area contributed by atoms with Crippen LogP contribution in [0.5, 0.6) is 0 Å². The summed E-state index contributed by atoms with van der Waals surface area (Å²) in [6.45, 7) is 1.64. The SMILES string of the molecule is NCC#Cc1ccc(F)c(CNC(=O)C2CCOCC2)c1. The molecule has 0 atom stereocenters. The van der Waals surface area contributed by atoms with E-state index in [9.17, 15) is 9.18 Å². The van der Waals surface area contributed by atoms with Gasteiger partial charge in [-0.25, -0.2) is 4.39 Å². The molecule has 1 amide bonds. The molecule has 3 N–H and O–H groups in total. The van der Waals surface area contributed by atoms with Gasteiger partial charge < -0.3 is 15.8 Å². The minimum absolute atomic E-state index is 0.0398. The van der Waals surface area contributed by atoms with E-state index in [0.29, 0.717) is 24.3 Å². The summed E-state index contributed by atoms with van der Waals surface area (Å²) >= 11 is 0. The third-order valence-electron chi connectivity index (χ3n) is 3.43. The lowest BCUT2D eigenvalue weighted by molar-refractivity contribution is -0.128. The van der Waals surface area contributed by atoms with Crippen molar-refractivity contribution < 1.29 is 13.9 Å². The number of nitrogens with two attached hydrogens (primary N) is 1. The van der Waals surface area contributed by atoms with Gasteiger partial charge in [0, 0.05) is 36.8 Å². The van der Waals surface area contributed by atoms with Gasteiger partial charge in [-0.15, -0.1) is 0 Å². The summed E-state index contributed by atoms with van der Waals surface area (Å²) in [6.07, 6.45) is 1.44. The molecule has 1 heterocycles. The molecule has 21 heavy (non-hydrogen) atoms. The molecular weight excluding hydrogens is 271 g/mol. The molecule has 4 nitrogen and oxygen atoms in total. The first-order valence-electron chi connectivity index (χ1n) is 7.03. The highest BCUT2D eigenvalue weighted by Gasteiger charge is 2.21. The maximum atomic E-state index is 13.7. The third-order valence-corrected chi connectivity index (χ3v) is 3.43. The molecular formula is C16H19FN2O2. The molecule has 0 unspecified atom stereocenters. The van der Waals surface area contributed by atoms with Gasteiger partial charge in [0.05, 0.1) is 6.54 Å². The molecule has 1 saturated heterocycles. The van der Waals surface area contributed by atoms with Gasteiger partial charge in [-0.05, 0) is 31.0 Å². The maximum absolute atomic E-state index is 13.7. The van der Waals surface area contributed by atoms with E-state index in [1.54, 1.807) is 12.1 Å². The van der Waals surface area contributed by atoms with Crippen LogP contribution >= 0.6 is 0 Å². The Hall–Kier alpha value is -1.90. The topological polar surface area (TPSA) is 64.3 Å². The number of rotatable bonds is 3. The predicted molar refractivity (Wildman–Crippen MR) is 77.7 cm³/mol. The number of hydrogen-bond acceptors (Lipinski definition) is 3. The van der Waals surface area contributed by atoms with E-state index in [1.165, 1.54) is 6.07 Å². The smallest absolute Gasteiger partial charge is 0.223 e. The van der Waals surface area contributed by atoms with Crippen molar-refractivity contribution in [2.45, 2.75) is 19.4 Å². The Morgan fingerprint density at radius 2 is 2.19 bits per heavy atom. The lowest BCUT2D eigenvalue weighted by Crippen LogP contribution is -2.34. The highest BCUT2D eigenvalue weighted by Crippen LogP contribution is 2.15. The van der Waals surface area contributed by atoms with Gasteiger partial charge in [-0.3, -0.25) is 4.79 Å². The lowest BCUT2D eigenvalue weighted by atomic mass is 9.99. The fourth-order valence-corrected chi connectivity index (χ4v) is 2.23. The van der Waals surface area contributed by atoms with E-state index in [-0.39, 0.29) is 30.7 Å². The van der Waals surface area contributed by atoms with Crippen LogP contribution in [0.2, 0.25) is 0 Å². The Morgan fingerprint density at radius 1 is 1.43 bits per heavy atom. The van der Waals surface area contributed by atoms with Crippen molar-refractivity contribution in [2.75, 3.05) is 19.8 Å². The van der Waals surface area contributed by atoms with Gasteiger partial charge in [0.2, 0.25) is 5.91 Å². The van der Waals surface area contributed by atoms with E-state index in [0.717, 1.165) is 12.8 Å². The van der Waals surface area contributed by atoms with Crippen molar-refractivity contribution in [2.24, 2.45) is 11.7 Å². The van der Waals surface area contributed by atoms with Gasteiger partial charge in [0.25, 0.3) is 0 Å². The summed E-state index contributed by atoms with van der Waals surface area (Å²) in [5.41, 5.74) is 6.43. The number of hydrogen-bond donors (Lipinski definition) is 2. The molecule has 2 rings (SSSR count). The van der Waals surface area contributed by atoms with E-state index in [4.69, 9.17) is 10.5 Å². The molecule has 0 aromatic heterocycles. The van der Waals surface area contributed by atoms with E-state index in [1.807, 2.05) is 0 Å². The summed E-state index contributed by atoms with van der Waals surface area (Å²) in [7, 11) is 0. The molecule has 0 aliphatic carbocycles. The van der Waals surface area contributed by atoms with Crippen molar-refractivity contribution >= 4 is 5.91 Å². The molecule has 112 valence electrons. The Balaban J connectivity index is 1.96. The van der Waals surface area contributed by atoms with Gasteiger partial charge in [-0.2, -0.15) is 0 Å². The zero-order valence-corrected chi connectivity index (χ0v) is 11.8. The fraction of sp³-hybridized carbons (Fsp3) is 0.438. The molecule has 1 aliphatic heterocycles. The number of nitrogens with one attached hydrogen (secondary N) is 1. The predicted octanol–water partition coefficient (Wildman–Crippen LogP) is 1.18. The zero-order valence-electron chi connectivity index (χ0n) is 11.8. The van der Waals surface area contributed by atoms with Gasteiger partial charge in [0.1, 0.15) is 5.82 Å². The minimum atomic E-state index is -0.347. The summed E-state index contributed by atoms with van der Waals surface area (Å²) in [6, 6.07) is 4.60. The van der Waals surface area contributed by atoms with Crippen molar-refractivity contribution in [3.05, 3.63) is 35.1 Å². The first-order chi connectivity index (χ1) is 10.2. The van der Waals surface area contributed by atoms with Gasteiger partial charge >= 0.3 is 0 Å². The van der Waals surface area contributed by atoms with Crippen molar-refractivity contribution in [1.82, 2.24) is 5.32 Å². The maximum Gasteiger partial charge on any atom is 0.223 e. The van der Waals surface area contributed by atoms with Crippen LogP contribution < -0.4 is 11.1 Å². The molecule has 1 aromatic carbocycles. The number of benzene rings is 1. The zero-order chi connectivity index (χ0) is 15.1. The van der Waals surface area contributed by atoms with Crippen molar-refractivity contribution in [3.8, 4) is 11.8 Å². The Bertz CT molecular complexity index is 557. The molecule has 0 spiro atoms. The first kappa shape index (κ1) is 15.5. The van der Waals surface area contributed by atoms with Crippen LogP contribution in [0.1, 0.15) is 24.0 Å².